The molecule has 0 aliphatic carbocycles. The average molecular weight is 287 g/mol. The van der Waals surface area contributed by atoms with Gasteiger partial charge < -0.3 is 22.0 Å². The van der Waals surface area contributed by atoms with E-state index in [2.05, 4.69) is 20.1 Å². The van der Waals surface area contributed by atoms with Gasteiger partial charge in [0.05, 0.1) is 0 Å². The van der Waals surface area contributed by atoms with Crippen LogP contribution >= 0.6 is 0 Å². The number of amidine groups is 1. The zero-order chi connectivity index (χ0) is 15.1. The van der Waals surface area contributed by atoms with Crippen molar-refractivity contribution in [3.8, 4) is 0 Å². The Labute approximate surface area is 122 Å². The Morgan fingerprint density at radius 3 is 2.38 bits per heavy atom. The van der Waals surface area contributed by atoms with Gasteiger partial charge in [-0.2, -0.15) is 15.0 Å². The van der Waals surface area contributed by atoms with Crippen LogP contribution in [0.15, 0.2) is 35.5 Å². The van der Waals surface area contributed by atoms with Gasteiger partial charge in [-0.3, -0.25) is 0 Å². The van der Waals surface area contributed by atoms with Crippen LogP contribution in [-0.4, -0.2) is 20.8 Å². The summed E-state index contributed by atoms with van der Waals surface area (Å²) in [4.78, 5) is 16.5. The molecule has 0 bridgehead atoms. The van der Waals surface area contributed by atoms with Gasteiger partial charge in [0.15, 0.2) is 12.4 Å². The quantitative estimate of drug-likeness (QED) is 0.398. The van der Waals surface area contributed by atoms with Gasteiger partial charge in [0.2, 0.25) is 11.9 Å². The van der Waals surface area contributed by atoms with E-state index in [9.17, 15) is 0 Å². The molecule has 0 saturated carbocycles. The predicted molar refractivity (Wildman–Crippen MR) is 79.8 cm³/mol. The van der Waals surface area contributed by atoms with E-state index in [4.69, 9.17) is 22.0 Å². The molecule has 0 aliphatic rings. The summed E-state index contributed by atoms with van der Waals surface area (Å²) in [5.41, 5.74) is 17.8. The Morgan fingerprint density at radius 1 is 1.05 bits per heavy atom. The number of nitrogens with zero attached hydrogens (tertiary/aromatic N) is 4. The second-order valence-electron chi connectivity index (χ2n) is 4.31. The third-order valence-electron chi connectivity index (χ3n) is 2.60. The Kier molecular flexibility index (Phi) is 4.86. The van der Waals surface area contributed by atoms with Gasteiger partial charge in [-0.15, -0.1) is 0 Å². The van der Waals surface area contributed by atoms with Crippen LogP contribution in [0.5, 0.6) is 0 Å². The maximum absolute atomic E-state index is 5.77. The number of oxime groups is 1. The number of hydrogen-bond donors (Lipinski definition) is 3. The molecule has 8 nitrogen and oxygen atoms in total. The van der Waals surface area contributed by atoms with Crippen LogP contribution in [0.4, 0.5) is 11.9 Å². The molecule has 0 unspecified atom stereocenters. The molecular weight excluding hydrogens is 270 g/mol. The van der Waals surface area contributed by atoms with E-state index in [1.807, 2.05) is 30.3 Å². The molecule has 0 aliphatic heterocycles. The normalized spacial score (nSPS) is 11.3. The SMILES string of the molecule is N/C(CCc1ccccc1)=N\OCc1nc(N)nc(N)n1. The summed E-state index contributed by atoms with van der Waals surface area (Å²) in [5, 5.41) is 3.81. The van der Waals surface area contributed by atoms with Crippen LogP contribution in [0.3, 0.4) is 0 Å². The molecule has 1 heterocycles. The van der Waals surface area contributed by atoms with Crippen LogP contribution < -0.4 is 17.2 Å². The van der Waals surface area contributed by atoms with Gasteiger partial charge >= 0.3 is 0 Å². The predicted octanol–water partition coefficient (Wildman–Crippen LogP) is 0.458. The lowest BCUT2D eigenvalue weighted by atomic mass is 10.1. The van der Waals surface area contributed by atoms with Crippen molar-refractivity contribution in [2.75, 3.05) is 11.5 Å². The summed E-state index contributed by atoms with van der Waals surface area (Å²) in [5.74, 6) is 0.790. The molecule has 0 fully saturated rings. The molecule has 6 N–H and O–H groups in total. The maximum Gasteiger partial charge on any atom is 0.225 e. The van der Waals surface area contributed by atoms with Crippen molar-refractivity contribution in [2.45, 2.75) is 19.4 Å². The molecule has 0 amide bonds. The van der Waals surface area contributed by atoms with Crippen molar-refractivity contribution in [1.29, 1.82) is 0 Å². The van der Waals surface area contributed by atoms with E-state index in [0.29, 0.717) is 18.1 Å². The average Bonchev–Trinajstić information content (AvgIpc) is 2.45. The monoisotopic (exact) mass is 287 g/mol. The van der Waals surface area contributed by atoms with Crippen LogP contribution in [0.1, 0.15) is 17.8 Å². The fourth-order valence-corrected chi connectivity index (χ4v) is 1.66. The third kappa shape index (κ3) is 4.94. The molecule has 110 valence electrons. The Bertz CT molecular complexity index is 595. The van der Waals surface area contributed by atoms with Crippen molar-refractivity contribution in [1.82, 2.24) is 15.0 Å². The zero-order valence-corrected chi connectivity index (χ0v) is 11.4. The summed E-state index contributed by atoms with van der Waals surface area (Å²) >= 11 is 0. The number of nitrogens with two attached hydrogens (primary N) is 3. The van der Waals surface area contributed by atoms with Crippen molar-refractivity contribution in [3.05, 3.63) is 41.7 Å². The van der Waals surface area contributed by atoms with E-state index in [0.717, 1.165) is 6.42 Å². The van der Waals surface area contributed by atoms with Crippen molar-refractivity contribution >= 4 is 17.7 Å². The lowest BCUT2D eigenvalue weighted by Crippen LogP contribution is -2.14. The highest BCUT2D eigenvalue weighted by atomic mass is 16.6. The maximum atomic E-state index is 5.77. The summed E-state index contributed by atoms with van der Waals surface area (Å²) in [7, 11) is 0. The van der Waals surface area contributed by atoms with E-state index < -0.39 is 0 Å². The number of nitrogen functional groups attached to an aromatic ring is 2. The third-order valence-corrected chi connectivity index (χ3v) is 2.60. The highest BCUT2D eigenvalue weighted by molar-refractivity contribution is 5.79. The molecule has 2 aromatic rings. The van der Waals surface area contributed by atoms with Crippen molar-refractivity contribution < 1.29 is 4.84 Å². The van der Waals surface area contributed by atoms with E-state index in [1.165, 1.54) is 5.56 Å². The molecule has 0 atom stereocenters. The minimum atomic E-state index is 0.0307. The second kappa shape index (κ2) is 7.04. The van der Waals surface area contributed by atoms with Gasteiger partial charge in [0, 0.05) is 6.42 Å². The topological polar surface area (TPSA) is 138 Å². The Morgan fingerprint density at radius 2 is 1.71 bits per heavy atom. The number of aryl methyl sites for hydroxylation is 1. The standard InChI is InChI=1S/C13H17N7O/c14-10(7-6-9-4-2-1-3-5-9)20-21-8-11-17-12(15)19-13(16)18-11/h1-5H,6-8H2,(H2,14,20)(H4,15,16,17,18,19). The first kappa shape index (κ1) is 14.5. The van der Waals surface area contributed by atoms with Gasteiger partial charge in [-0.1, -0.05) is 35.5 Å². The Balaban J connectivity index is 1.80. The van der Waals surface area contributed by atoms with Crippen molar-refractivity contribution in [3.63, 3.8) is 0 Å². The number of hydrogen-bond acceptors (Lipinski definition) is 7. The first-order chi connectivity index (χ1) is 10.1. The minimum absolute atomic E-state index is 0.0307. The summed E-state index contributed by atoms with van der Waals surface area (Å²) in [6.07, 6.45) is 1.40. The van der Waals surface area contributed by atoms with Gasteiger partial charge in [-0.05, 0) is 12.0 Å². The van der Waals surface area contributed by atoms with Gasteiger partial charge in [0.1, 0.15) is 5.84 Å². The van der Waals surface area contributed by atoms with Gasteiger partial charge in [-0.25, -0.2) is 0 Å². The molecule has 1 aromatic carbocycles. The molecule has 2 rings (SSSR count). The molecule has 1 aromatic heterocycles. The number of aromatic nitrogens is 3. The second-order valence-corrected chi connectivity index (χ2v) is 4.31. The highest BCUT2D eigenvalue weighted by Gasteiger charge is 2.02. The summed E-state index contributed by atoms with van der Waals surface area (Å²) in [6.45, 7) is 0.0307. The number of anilines is 2. The van der Waals surface area contributed by atoms with Crippen LogP contribution in [0.25, 0.3) is 0 Å². The zero-order valence-electron chi connectivity index (χ0n) is 11.4. The van der Waals surface area contributed by atoms with Crippen LogP contribution in [0, 0.1) is 0 Å². The van der Waals surface area contributed by atoms with Crippen molar-refractivity contribution in [2.24, 2.45) is 10.9 Å². The molecule has 0 spiro atoms. The number of benzene rings is 1. The molecule has 0 saturated heterocycles. The largest absolute Gasteiger partial charge is 0.386 e. The fraction of sp³-hybridized carbons (Fsp3) is 0.231. The smallest absolute Gasteiger partial charge is 0.225 e. The van der Waals surface area contributed by atoms with E-state index in [-0.39, 0.29) is 18.5 Å². The van der Waals surface area contributed by atoms with Gasteiger partial charge in [0.25, 0.3) is 0 Å². The molecule has 8 heteroatoms. The van der Waals surface area contributed by atoms with E-state index >= 15 is 0 Å². The Hall–Kier alpha value is -2.90. The first-order valence-electron chi connectivity index (χ1n) is 6.37. The van der Waals surface area contributed by atoms with Crippen LogP contribution in [-0.2, 0) is 17.9 Å². The van der Waals surface area contributed by atoms with Crippen LogP contribution in [0.2, 0.25) is 0 Å². The molecule has 0 radical (unpaired) electrons. The lowest BCUT2D eigenvalue weighted by molar-refractivity contribution is 0.123. The summed E-state index contributed by atoms with van der Waals surface area (Å²) < 4.78 is 0. The lowest BCUT2D eigenvalue weighted by Gasteiger charge is -2.03. The molecule has 21 heavy (non-hydrogen) atoms. The fourth-order valence-electron chi connectivity index (χ4n) is 1.66. The first-order valence-corrected chi connectivity index (χ1v) is 6.37. The molecular formula is C13H17N7O. The number of rotatable bonds is 6. The minimum Gasteiger partial charge on any atom is -0.386 e. The highest BCUT2D eigenvalue weighted by Crippen LogP contribution is 2.03. The summed E-state index contributed by atoms with van der Waals surface area (Å²) in [6, 6.07) is 9.99. The van der Waals surface area contributed by atoms with E-state index in [1.54, 1.807) is 0 Å².